The fourth-order valence-electron chi connectivity index (χ4n) is 6.48. The average molecular weight is 579 g/mol. The molecule has 0 unspecified atom stereocenters. The standard InChI is InChI=1S/C35H38N4O2S/c1-8-21-18(6)26-13-20-14-32-34(42-20)25(33(39-32)35(40)41-12-5)15-27-19(7)22(9-2)29(37-27)17-31-24(11-4)23(10-3)30(38-31)16-28(21)36-26/h13-17,38-39H,8-12H2,1-7H3. The molecule has 0 saturated heterocycles. The van der Waals surface area contributed by atoms with Crippen LogP contribution in [0.5, 0.6) is 0 Å². The monoisotopic (exact) mass is 578 g/mol. The van der Waals surface area contributed by atoms with E-state index in [4.69, 9.17) is 14.7 Å². The number of esters is 1. The number of hydrogen-bond donors (Lipinski definition) is 2. The molecule has 0 radical (unpaired) electrons. The number of rotatable bonds is 6. The van der Waals surface area contributed by atoms with Gasteiger partial charge in [0.25, 0.3) is 0 Å². The molecule has 0 aromatic carbocycles. The quantitative estimate of drug-likeness (QED) is 0.304. The fraction of sp³-hybridized carbons (Fsp3) is 0.343. The molecule has 6 nitrogen and oxygen atoms in total. The van der Waals surface area contributed by atoms with E-state index in [1.54, 1.807) is 11.3 Å². The lowest BCUT2D eigenvalue weighted by Gasteiger charge is -2.03. The normalized spacial score (nSPS) is 16.4. The van der Waals surface area contributed by atoms with Crippen LogP contribution in [0.1, 0.15) is 93.4 Å². The summed E-state index contributed by atoms with van der Waals surface area (Å²) in [7, 11) is 0. The molecule has 216 valence electrons. The number of nitrogens with zero attached hydrogens (tertiary/aromatic N) is 2. The minimum Gasteiger partial charge on any atom is -0.461 e. The average Bonchev–Trinajstić information content (AvgIpc) is 3.74. The van der Waals surface area contributed by atoms with Crippen LogP contribution < -0.4 is 10.7 Å². The van der Waals surface area contributed by atoms with Gasteiger partial charge in [0.1, 0.15) is 5.69 Å². The third kappa shape index (κ3) is 4.51. The highest BCUT2D eigenvalue weighted by molar-refractivity contribution is 7.20. The Kier molecular flexibility index (Phi) is 7.39. The van der Waals surface area contributed by atoms with E-state index >= 15 is 0 Å². The van der Waals surface area contributed by atoms with Crippen molar-refractivity contribution in [3.8, 4) is 0 Å². The van der Waals surface area contributed by atoms with Gasteiger partial charge in [-0.25, -0.2) is 14.8 Å². The summed E-state index contributed by atoms with van der Waals surface area (Å²) in [5, 5.41) is 2.24. The molecular weight excluding hydrogens is 540 g/mol. The molecule has 8 bridgehead atoms. The Bertz CT molecular complexity index is 1960. The molecule has 6 rings (SSSR count). The van der Waals surface area contributed by atoms with E-state index in [1.807, 2.05) is 6.92 Å². The first-order chi connectivity index (χ1) is 20.3. The molecule has 42 heavy (non-hydrogen) atoms. The highest BCUT2D eigenvalue weighted by Crippen LogP contribution is 2.38. The van der Waals surface area contributed by atoms with Crippen LogP contribution in [0.3, 0.4) is 0 Å². The maximum atomic E-state index is 13.1. The number of aromatic amines is 2. The zero-order valence-corrected chi connectivity index (χ0v) is 26.4. The van der Waals surface area contributed by atoms with Crippen LogP contribution in [-0.4, -0.2) is 34.0 Å². The number of hydrogen-bond acceptors (Lipinski definition) is 5. The number of nitrogens with one attached hydrogen (secondary N) is 2. The third-order valence-electron chi connectivity index (χ3n) is 8.60. The van der Waals surface area contributed by atoms with Crippen LogP contribution in [0.15, 0.2) is 49.7 Å². The molecule has 3 aliphatic heterocycles. The second-order valence-electron chi connectivity index (χ2n) is 10.9. The van der Waals surface area contributed by atoms with E-state index in [1.165, 1.54) is 27.8 Å². The number of aromatic nitrogens is 2. The van der Waals surface area contributed by atoms with Gasteiger partial charge in [0.2, 0.25) is 0 Å². The van der Waals surface area contributed by atoms with Gasteiger partial charge in [-0.15, -0.1) is 11.3 Å². The van der Waals surface area contributed by atoms with E-state index in [0.29, 0.717) is 12.3 Å². The third-order valence-corrected chi connectivity index (χ3v) is 9.71. The number of carbonyl (C=O) groups is 1. The van der Waals surface area contributed by atoms with E-state index in [2.05, 4.69) is 81.9 Å². The molecule has 0 fully saturated rings. The topological polar surface area (TPSA) is 82.6 Å². The van der Waals surface area contributed by atoms with Crippen molar-refractivity contribution in [1.29, 1.82) is 0 Å². The molecule has 7 heteroatoms. The Morgan fingerprint density at radius 2 is 1.36 bits per heavy atom. The van der Waals surface area contributed by atoms with Crippen molar-refractivity contribution in [3.63, 3.8) is 0 Å². The largest absolute Gasteiger partial charge is 0.461 e. The van der Waals surface area contributed by atoms with Gasteiger partial charge >= 0.3 is 5.97 Å². The Labute approximate surface area is 250 Å². The molecule has 0 atom stereocenters. The van der Waals surface area contributed by atoms with Crippen LogP contribution >= 0.6 is 11.3 Å². The molecule has 0 spiro atoms. The molecule has 3 aromatic heterocycles. The second-order valence-corrected chi connectivity index (χ2v) is 12.0. The Morgan fingerprint density at radius 3 is 1.88 bits per heavy atom. The molecule has 2 N–H and O–H groups in total. The predicted octanol–water partition coefficient (Wildman–Crippen LogP) is 7.18. The zero-order valence-electron chi connectivity index (χ0n) is 25.5. The number of carbonyl (C=O) groups excluding carboxylic acids is 1. The molecular formula is C35H38N4O2S. The van der Waals surface area contributed by atoms with E-state index in [-0.39, 0.29) is 5.97 Å². The highest BCUT2D eigenvalue weighted by atomic mass is 32.1. The van der Waals surface area contributed by atoms with Gasteiger partial charge in [-0.2, -0.15) is 0 Å². The predicted molar refractivity (Wildman–Crippen MR) is 177 cm³/mol. The lowest BCUT2D eigenvalue weighted by Crippen LogP contribution is -2.16. The first-order valence-electron chi connectivity index (χ1n) is 15.1. The van der Waals surface area contributed by atoms with Crippen LogP contribution in [0.25, 0.3) is 34.5 Å². The number of fused-ring (bicyclic) bond motifs is 5. The van der Waals surface area contributed by atoms with Crippen LogP contribution in [0, 0.1) is 0 Å². The number of ether oxygens (including phenoxy) is 1. The van der Waals surface area contributed by atoms with E-state index in [0.717, 1.165) is 85.4 Å². The summed E-state index contributed by atoms with van der Waals surface area (Å²) in [4.78, 5) is 31.6. The van der Waals surface area contributed by atoms with Gasteiger partial charge < -0.3 is 14.7 Å². The lowest BCUT2D eigenvalue weighted by atomic mass is 10.0. The first kappa shape index (κ1) is 28.2. The van der Waals surface area contributed by atoms with E-state index < -0.39 is 0 Å². The summed E-state index contributed by atoms with van der Waals surface area (Å²) in [6, 6.07) is 2.11. The molecule has 3 aromatic rings. The van der Waals surface area contributed by atoms with Crippen molar-refractivity contribution in [2.45, 2.75) is 74.1 Å². The minimum absolute atomic E-state index is 0.315. The Balaban J connectivity index is 1.71. The maximum absolute atomic E-state index is 13.1. The van der Waals surface area contributed by atoms with Gasteiger partial charge in [-0.05, 0) is 110 Å². The van der Waals surface area contributed by atoms with Gasteiger partial charge in [0.15, 0.2) is 0 Å². The second kappa shape index (κ2) is 11.0. The summed E-state index contributed by atoms with van der Waals surface area (Å²) < 4.78 is 6.46. The minimum atomic E-state index is -0.352. The zero-order chi connectivity index (χ0) is 29.7. The van der Waals surface area contributed by atoms with Crippen molar-refractivity contribution < 1.29 is 9.53 Å². The van der Waals surface area contributed by atoms with Gasteiger partial charge in [0.05, 0.1) is 39.6 Å². The molecule has 6 heterocycles. The Morgan fingerprint density at radius 1 is 0.786 bits per heavy atom. The molecule has 0 amide bonds. The summed E-state index contributed by atoms with van der Waals surface area (Å²) in [6.45, 7) is 15.3. The SMILES string of the molecule is CCOC(=O)c1[nH]c2cc3sc2c1C=C1N=C(C=c2[nH]c(c(CC)c2CC)=CC2=NC(=C3)C(C)=C2CC)C(CC)=C1C. The lowest BCUT2D eigenvalue weighted by molar-refractivity contribution is 0.0520. The molecule has 0 saturated carbocycles. The van der Waals surface area contributed by atoms with Crippen molar-refractivity contribution in [1.82, 2.24) is 9.97 Å². The highest BCUT2D eigenvalue weighted by Gasteiger charge is 2.25. The maximum Gasteiger partial charge on any atom is 0.355 e. The number of allylic oxidation sites excluding steroid dienone is 4. The smallest absolute Gasteiger partial charge is 0.355 e. The van der Waals surface area contributed by atoms with Crippen molar-refractivity contribution in [2.75, 3.05) is 6.61 Å². The van der Waals surface area contributed by atoms with Crippen LogP contribution in [-0.2, 0) is 17.6 Å². The van der Waals surface area contributed by atoms with Crippen molar-refractivity contribution >= 4 is 63.3 Å². The Hall–Kier alpha value is -3.97. The van der Waals surface area contributed by atoms with Crippen LogP contribution in [0.2, 0.25) is 0 Å². The van der Waals surface area contributed by atoms with Crippen molar-refractivity contribution in [2.24, 2.45) is 9.98 Å². The summed E-state index contributed by atoms with van der Waals surface area (Å²) >= 11 is 1.66. The van der Waals surface area contributed by atoms with Crippen molar-refractivity contribution in [3.05, 3.63) is 77.7 Å². The molecule has 0 aliphatic carbocycles. The van der Waals surface area contributed by atoms with Gasteiger partial charge in [-0.1, -0.05) is 27.7 Å². The van der Waals surface area contributed by atoms with Gasteiger partial charge in [-0.3, -0.25) is 0 Å². The fourth-order valence-corrected chi connectivity index (χ4v) is 7.55. The summed E-state index contributed by atoms with van der Waals surface area (Å²) in [5.41, 5.74) is 13.6. The molecule has 3 aliphatic rings. The van der Waals surface area contributed by atoms with Crippen LogP contribution in [0.4, 0.5) is 0 Å². The number of H-pyrrole nitrogens is 2. The summed E-state index contributed by atoms with van der Waals surface area (Å²) in [5.74, 6) is -0.352. The number of aliphatic imine (C=N–C) groups is 2. The number of thiophene rings is 1. The first-order valence-corrected chi connectivity index (χ1v) is 15.9. The van der Waals surface area contributed by atoms with E-state index in [9.17, 15) is 4.79 Å². The summed E-state index contributed by atoms with van der Waals surface area (Å²) in [6.07, 6.45) is 12.3. The van der Waals surface area contributed by atoms with Gasteiger partial charge in [0, 0.05) is 21.1 Å².